The summed E-state index contributed by atoms with van der Waals surface area (Å²) in [5.41, 5.74) is 9.90. The first-order valence-corrected chi connectivity index (χ1v) is 18.1. The van der Waals surface area contributed by atoms with Crippen molar-refractivity contribution in [2.45, 2.75) is 52.4 Å². The Morgan fingerprint density at radius 1 is 0.404 bits per heavy atom. The summed E-state index contributed by atoms with van der Waals surface area (Å²) in [5, 5.41) is 4.78. The van der Waals surface area contributed by atoms with Crippen molar-refractivity contribution in [3.8, 4) is 34.4 Å². The molecule has 6 aromatic carbocycles. The Labute approximate surface area is 304 Å². The van der Waals surface area contributed by atoms with Gasteiger partial charge in [-0.2, -0.15) is 9.97 Å². The highest BCUT2D eigenvalue weighted by Gasteiger charge is 2.24. The molecule has 0 unspecified atom stereocenters. The summed E-state index contributed by atoms with van der Waals surface area (Å²) in [7, 11) is 0. The predicted molar refractivity (Wildman–Crippen MR) is 217 cm³/mol. The standard InChI is InChI=1S/C47H41N5/c1-46(2,3)31-24-26-35-36-27-25-32(47(4,5)6)29-42(36)51(41(35)28-31)40-23-15-12-20-37(40)44-48-43(30-16-8-7-9-17-30)49-45(50-44)52-38-21-13-10-18-33(38)34-19-11-14-22-39(34)52/h7-29H,1-6H3. The monoisotopic (exact) mass is 675 g/mol. The Balaban J connectivity index is 1.37. The fourth-order valence-electron chi connectivity index (χ4n) is 7.51. The highest BCUT2D eigenvalue weighted by atomic mass is 15.2. The molecule has 0 amide bonds. The molecule has 52 heavy (non-hydrogen) atoms. The Morgan fingerprint density at radius 2 is 0.885 bits per heavy atom. The third-order valence-electron chi connectivity index (χ3n) is 10.3. The fraction of sp³-hybridized carbons (Fsp3) is 0.170. The zero-order chi connectivity index (χ0) is 35.8. The molecular weight excluding hydrogens is 635 g/mol. The maximum absolute atomic E-state index is 5.34. The zero-order valence-electron chi connectivity index (χ0n) is 30.5. The van der Waals surface area contributed by atoms with Crippen molar-refractivity contribution < 1.29 is 0 Å². The van der Waals surface area contributed by atoms with E-state index in [2.05, 4.69) is 172 Å². The molecule has 9 aromatic rings. The minimum Gasteiger partial charge on any atom is -0.308 e. The van der Waals surface area contributed by atoms with Gasteiger partial charge in [-0.3, -0.25) is 4.57 Å². The minimum absolute atomic E-state index is 0.0123. The molecule has 0 bridgehead atoms. The molecule has 3 heterocycles. The smallest absolute Gasteiger partial charge is 0.238 e. The van der Waals surface area contributed by atoms with E-state index in [9.17, 15) is 0 Å². The second kappa shape index (κ2) is 11.7. The van der Waals surface area contributed by atoms with Gasteiger partial charge in [0.1, 0.15) is 0 Å². The summed E-state index contributed by atoms with van der Waals surface area (Å²) < 4.78 is 4.60. The highest BCUT2D eigenvalue weighted by Crippen LogP contribution is 2.40. The van der Waals surface area contributed by atoms with Gasteiger partial charge in [-0.1, -0.05) is 145 Å². The molecular formula is C47H41N5. The molecule has 0 N–H and O–H groups in total. The molecule has 0 radical (unpaired) electrons. The van der Waals surface area contributed by atoms with Crippen LogP contribution in [-0.4, -0.2) is 24.1 Å². The van der Waals surface area contributed by atoms with Crippen LogP contribution in [0, 0.1) is 0 Å². The first kappa shape index (κ1) is 31.9. The van der Waals surface area contributed by atoms with Gasteiger partial charge in [0.05, 0.1) is 27.8 Å². The summed E-state index contributed by atoms with van der Waals surface area (Å²) in [6.45, 7) is 13.7. The van der Waals surface area contributed by atoms with Gasteiger partial charge in [-0.25, -0.2) is 4.98 Å². The summed E-state index contributed by atoms with van der Waals surface area (Å²) in [5.74, 6) is 1.84. The lowest BCUT2D eigenvalue weighted by atomic mass is 9.86. The zero-order valence-corrected chi connectivity index (χ0v) is 30.5. The number of benzene rings is 6. The van der Waals surface area contributed by atoms with Crippen LogP contribution < -0.4 is 0 Å². The number of hydrogen-bond acceptors (Lipinski definition) is 3. The molecule has 0 aliphatic rings. The number of rotatable bonds is 4. The van der Waals surface area contributed by atoms with Crippen LogP contribution in [0.4, 0.5) is 0 Å². The Bertz CT molecular complexity index is 2680. The van der Waals surface area contributed by atoms with Gasteiger partial charge in [0, 0.05) is 32.7 Å². The van der Waals surface area contributed by atoms with Crippen LogP contribution >= 0.6 is 0 Å². The number of aromatic nitrogens is 5. The van der Waals surface area contributed by atoms with Gasteiger partial charge in [-0.15, -0.1) is 0 Å². The summed E-state index contributed by atoms with van der Waals surface area (Å²) in [6, 6.07) is 49.6. The van der Waals surface area contributed by atoms with E-state index in [1.807, 2.05) is 18.2 Å². The van der Waals surface area contributed by atoms with Gasteiger partial charge in [0.2, 0.25) is 5.95 Å². The van der Waals surface area contributed by atoms with E-state index in [0.29, 0.717) is 17.6 Å². The fourth-order valence-corrected chi connectivity index (χ4v) is 7.51. The SMILES string of the molecule is CC(C)(C)c1ccc2c3ccc(C(C)(C)C)cc3n(-c3ccccc3-c3nc(-c4ccccc4)nc(-n4c5ccccc5c5ccccc54)n3)c2c1. The predicted octanol–water partition coefficient (Wildman–Crippen LogP) is 12.0. The second-order valence-electron chi connectivity index (χ2n) is 15.8. The average molecular weight is 676 g/mol. The minimum atomic E-state index is -0.0123. The van der Waals surface area contributed by atoms with Crippen molar-refractivity contribution in [3.05, 3.63) is 151 Å². The molecule has 0 saturated carbocycles. The third kappa shape index (κ3) is 5.19. The van der Waals surface area contributed by atoms with Gasteiger partial charge in [-0.05, 0) is 58.4 Å². The van der Waals surface area contributed by atoms with Gasteiger partial charge in [0.15, 0.2) is 11.6 Å². The molecule has 0 atom stereocenters. The summed E-state index contributed by atoms with van der Waals surface area (Å²) >= 11 is 0. The van der Waals surface area contributed by atoms with Crippen molar-refractivity contribution in [2.75, 3.05) is 0 Å². The number of para-hydroxylation sites is 3. The Morgan fingerprint density at radius 3 is 1.46 bits per heavy atom. The lowest BCUT2D eigenvalue weighted by molar-refractivity contribution is 0.591. The Kier molecular flexibility index (Phi) is 7.20. The van der Waals surface area contributed by atoms with Crippen LogP contribution in [0.15, 0.2) is 140 Å². The molecule has 0 fully saturated rings. The molecule has 254 valence electrons. The van der Waals surface area contributed by atoms with Crippen molar-refractivity contribution in [1.29, 1.82) is 0 Å². The average Bonchev–Trinajstić information content (AvgIpc) is 3.66. The van der Waals surface area contributed by atoms with Crippen LogP contribution in [0.2, 0.25) is 0 Å². The van der Waals surface area contributed by atoms with Gasteiger partial charge < -0.3 is 4.57 Å². The van der Waals surface area contributed by atoms with E-state index < -0.39 is 0 Å². The molecule has 0 saturated heterocycles. The van der Waals surface area contributed by atoms with E-state index in [0.717, 1.165) is 38.6 Å². The summed E-state index contributed by atoms with van der Waals surface area (Å²) in [4.78, 5) is 15.8. The quantitative estimate of drug-likeness (QED) is 0.187. The van der Waals surface area contributed by atoms with Crippen molar-refractivity contribution in [2.24, 2.45) is 0 Å². The molecule has 0 aliphatic carbocycles. The van der Waals surface area contributed by atoms with Gasteiger partial charge in [0.25, 0.3) is 0 Å². The maximum atomic E-state index is 5.34. The van der Waals surface area contributed by atoms with E-state index in [1.165, 1.54) is 32.9 Å². The largest absolute Gasteiger partial charge is 0.308 e. The third-order valence-corrected chi connectivity index (χ3v) is 10.3. The molecule has 0 aliphatic heterocycles. The Hall–Kier alpha value is -6.07. The van der Waals surface area contributed by atoms with E-state index in [4.69, 9.17) is 15.0 Å². The summed E-state index contributed by atoms with van der Waals surface area (Å²) in [6.07, 6.45) is 0. The molecule has 0 spiro atoms. The van der Waals surface area contributed by atoms with Crippen molar-refractivity contribution in [3.63, 3.8) is 0 Å². The second-order valence-corrected chi connectivity index (χ2v) is 15.8. The molecule has 5 heteroatoms. The van der Waals surface area contributed by atoms with Crippen LogP contribution in [0.3, 0.4) is 0 Å². The van der Waals surface area contributed by atoms with Crippen LogP contribution in [0.25, 0.3) is 78.0 Å². The van der Waals surface area contributed by atoms with E-state index in [1.54, 1.807) is 0 Å². The lowest BCUT2D eigenvalue weighted by Gasteiger charge is -2.21. The van der Waals surface area contributed by atoms with Gasteiger partial charge >= 0.3 is 0 Å². The number of fused-ring (bicyclic) bond motifs is 6. The number of hydrogen-bond donors (Lipinski definition) is 0. The van der Waals surface area contributed by atoms with Crippen LogP contribution in [-0.2, 0) is 10.8 Å². The lowest BCUT2D eigenvalue weighted by Crippen LogP contribution is -2.11. The molecule has 5 nitrogen and oxygen atoms in total. The van der Waals surface area contributed by atoms with Crippen molar-refractivity contribution >= 4 is 43.6 Å². The molecule has 3 aromatic heterocycles. The van der Waals surface area contributed by atoms with E-state index in [-0.39, 0.29) is 10.8 Å². The first-order chi connectivity index (χ1) is 25.1. The first-order valence-electron chi connectivity index (χ1n) is 18.1. The normalized spacial score (nSPS) is 12.4. The van der Waals surface area contributed by atoms with Crippen LogP contribution in [0.5, 0.6) is 0 Å². The molecule has 9 rings (SSSR count). The number of nitrogens with zero attached hydrogens (tertiary/aromatic N) is 5. The van der Waals surface area contributed by atoms with E-state index >= 15 is 0 Å². The topological polar surface area (TPSA) is 48.5 Å². The van der Waals surface area contributed by atoms with Crippen LogP contribution in [0.1, 0.15) is 52.7 Å². The highest BCUT2D eigenvalue weighted by molar-refractivity contribution is 6.11. The van der Waals surface area contributed by atoms with Crippen molar-refractivity contribution in [1.82, 2.24) is 24.1 Å². The maximum Gasteiger partial charge on any atom is 0.238 e.